The van der Waals surface area contributed by atoms with Crippen LogP contribution in [0.25, 0.3) is 11.1 Å². The van der Waals surface area contributed by atoms with Crippen LogP contribution in [0.1, 0.15) is 21.8 Å². The van der Waals surface area contributed by atoms with Crippen LogP contribution in [-0.2, 0) is 13.2 Å². The number of hydrogen-bond donors (Lipinski definition) is 1. The minimum atomic E-state index is -0.188. The lowest BCUT2D eigenvalue weighted by atomic mass is 10.1. The van der Waals surface area contributed by atoms with E-state index in [9.17, 15) is 4.79 Å². The quantitative estimate of drug-likeness (QED) is 0.557. The van der Waals surface area contributed by atoms with Crippen molar-refractivity contribution in [2.24, 2.45) is 0 Å². The molecule has 0 saturated heterocycles. The molecule has 1 heterocycles. The zero-order valence-corrected chi connectivity index (χ0v) is 14.6. The molecule has 0 bridgehead atoms. The number of carbonyl (C=O) groups is 1. The van der Waals surface area contributed by atoms with Crippen molar-refractivity contribution in [3.05, 3.63) is 95.9 Å². The number of hydrogen-bond acceptors (Lipinski definition) is 4. The highest BCUT2D eigenvalue weighted by Gasteiger charge is 2.13. The Balaban J connectivity index is 1.44. The third kappa shape index (κ3) is 3.98. The fraction of sp³-hybridized carbons (Fsp3) is 0.0909. The van der Waals surface area contributed by atoms with E-state index in [0.717, 1.165) is 11.1 Å². The first-order valence-corrected chi connectivity index (χ1v) is 8.68. The Labute approximate surface area is 156 Å². The van der Waals surface area contributed by atoms with Crippen molar-refractivity contribution >= 4 is 17.0 Å². The molecular formula is C22H18N2O3. The topological polar surface area (TPSA) is 64.4 Å². The van der Waals surface area contributed by atoms with E-state index in [-0.39, 0.29) is 12.5 Å². The summed E-state index contributed by atoms with van der Waals surface area (Å²) in [6, 6.07) is 24.4. The zero-order valence-electron chi connectivity index (χ0n) is 14.6. The molecule has 0 aliphatic heterocycles. The van der Waals surface area contributed by atoms with Crippen LogP contribution in [0.3, 0.4) is 0 Å². The Morgan fingerprint density at radius 3 is 2.52 bits per heavy atom. The van der Waals surface area contributed by atoms with Crippen LogP contribution >= 0.6 is 0 Å². The summed E-state index contributed by atoms with van der Waals surface area (Å²) in [5.74, 6) is 0.771. The van der Waals surface area contributed by atoms with Gasteiger partial charge in [-0.2, -0.15) is 0 Å². The number of ether oxygens (including phenoxy) is 1. The summed E-state index contributed by atoms with van der Waals surface area (Å²) in [4.78, 5) is 16.9. The number of aromatic nitrogens is 1. The smallest absolute Gasteiger partial charge is 0.255 e. The highest BCUT2D eigenvalue weighted by atomic mass is 16.5. The molecule has 5 nitrogen and oxygen atoms in total. The van der Waals surface area contributed by atoms with Crippen LogP contribution in [0.15, 0.2) is 83.3 Å². The predicted octanol–water partition coefficient (Wildman–Crippen LogP) is 4.34. The molecule has 0 spiro atoms. The van der Waals surface area contributed by atoms with E-state index >= 15 is 0 Å². The molecule has 0 atom stereocenters. The van der Waals surface area contributed by atoms with Crippen LogP contribution in [-0.4, -0.2) is 10.9 Å². The van der Waals surface area contributed by atoms with Crippen molar-refractivity contribution in [2.75, 3.05) is 0 Å². The Morgan fingerprint density at radius 1 is 0.926 bits per heavy atom. The van der Waals surface area contributed by atoms with Gasteiger partial charge in [-0.15, -0.1) is 0 Å². The fourth-order valence-corrected chi connectivity index (χ4v) is 2.77. The lowest BCUT2D eigenvalue weighted by Gasteiger charge is -2.10. The predicted molar refractivity (Wildman–Crippen MR) is 102 cm³/mol. The third-order valence-corrected chi connectivity index (χ3v) is 4.12. The van der Waals surface area contributed by atoms with Crippen molar-refractivity contribution in [1.82, 2.24) is 10.3 Å². The van der Waals surface area contributed by atoms with E-state index in [4.69, 9.17) is 9.15 Å². The first-order chi connectivity index (χ1) is 13.3. The largest absolute Gasteiger partial charge is 0.483 e. The van der Waals surface area contributed by atoms with Gasteiger partial charge in [-0.25, -0.2) is 4.98 Å². The van der Waals surface area contributed by atoms with E-state index in [1.54, 1.807) is 12.1 Å². The minimum absolute atomic E-state index is 0.150. The molecule has 27 heavy (non-hydrogen) atoms. The van der Waals surface area contributed by atoms with Gasteiger partial charge in [0.1, 0.15) is 11.3 Å². The molecule has 0 radical (unpaired) electrons. The molecule has 1 amide bonds. The Morgan fingerprint density at radius 2 is 1.67 bits per heavy atom. The molecule has 4 aromatic rings. The lowest BCUT2D eigenvalue weighted by Crippen LogP contribution is -2.23. The molecule has 1 aromatic heterocycles. The SMILES string of the molecule is O=C(NCc1ccccc1)c1ccccc1OCc1nc2ccccc2o1. The number of amides is 1. The second kappa shape index (κ2) is 7.74. The fourth-order valence-electron chi connectivity index (χ4n) is 2.77. The number of nitrogens with one attached hydrogen (secondary N) is 1. The summed E-state index contributed by atoms with van der Waals surface area (Å²) in [5.41, 5.74) is 3.01. The van der Waals surface area contributed by atoms with Crippen LogP contribution in [0.2, 0.25) is 0 Å². The van der Waals surface area contributed by atoms with Crippen LogP contribution in [0.4, 0.5) is 0 Å². The summed E-state index contributed by atoms with van der Waals surface area (Å²) in [7, 11) is 0. The molecule has 3 aromatic carbocycles. The van der Waals surface area contributed by atoms with E-state index in [0.29, 0.717) is 29.3 Å². The molecule has 1 N–H and O–H groups in total. The molecule has 0 unspecified atom stereocenters. The van der Waals surface area contributed by atoms with Crippen molar-refractivity contribution in [1.29, 1.82) is 0 Å². The van der Waals surface area contributed by atoms with Crippen LogP contribution in [0, 0.1) is 0 Å². The maximum absolute atomic E-state index is 12.6. The summed E-state index contributed by atoms with van der Waals surface area (Å²) in [5, 5.41) is 2.92. The average Bonchev–Trinajstić information content (AvgIpc) is 3.14. The molecule has 134 valence electrons. The molecule has 0 saturated carbocycles. The lowest BCUT2D eigenvalue weighted by molar-refractivity contribution is 0.0945. The van der Waals surface area contributed by atoms with Gasteiger partial charge in [0.2, 0.25) is 5.89 Å². The zero-order chi connectivity index (χ0) is 18.5. The number of rotatable bonds is 6. The first kappa shape index (κ1) is 16.8. The maximum atomic E-state index is 12.6. The standard InChI is InChI=1S/C22H18N2O3/c25-22(23-14-16-8-2-1-3-9-16)17-10-4-6-12-19(17)26-15-21-24-18-11-5-7-13-20(18)27-21/h1-13H,14-15H2,(H,23,25). The van der Waals surface area contributed by atoms with Gasteiger partial charge >= 0.3 is 0 Å². The summed E-state index contributed by atoms with van der Waals surface area (Å²) < 4.78 is 11.5. The van der Waals surface area contributed by atoms with Crippen LogP contribution < -0.4 is 10.1 Å². The molecule has 4 rings (SSSR count). The van der Waals surface area contributed by atoms with Gasteiger partial charge < -0.3 is 14.5 Å². The van der Waals surface area contributed by atoms with Gasteiger partial charge in [0.25, 0.3) is 5.91 Å². The maximum Gasteiger partial charge on any atom is 0.255 e. The Bertz CT molecular complexity index is 1020. The van der Waals surface area contributed by atoms with Gasteiger partial charge in [0, 0.05) is 6.54 Å². The van der Waals surface area contributed by atoms with Crippen molar-refractivity contribution in [2.45, 2.75) is 13.2 Å². The van der Waals surface area contributed by atoms with Crippen molar-refractivity contribution < 1.29 is 13.9 Å². The van der Waals surface area contributed by atoms with E-state index < -0.39 is 0 Å². The molecule has 0 aliphatic carbocycles. The Kier molecular flexibility index (Phi) is 4.83. The second-order valence-electron chi connectivity index (χ2n) is 6.03. The van der Waals surface area contributed by atoms with Crippen molar-refractivity contribution in [3.63, 3.8) is 0 Å². The third-order valence-electron chi connectivity index (χ3n) is 4.12. The molecule has 0 aliphatic rings. The van der Waals surface area contributed by atoms with Gasteiger partial charge in [0.05, 0.1) is 5.56 Å². The highest BCUT2D eigenvalue weighted by molar-refractivity contribution is 5.96. The molecule has 0 fully saturated rings. The van der Waals surface area contributed by atoms with Gasteiger partial charge in [-0.1, -0.05) is 54.6 Å². The number of benzene rings is 3. The van der Waals surface area contributed by atoms with Gasteiger partial charge in [-0.3, -0.25) is 4.79 Å². The van der Waals surface area contributed by atoms with Crippen molar-refractivity contribution in [3.8, 4) is 5.75 Å². The van der Waals surface area contributed by atoms with Gasteiger partial charge in [-0.05, 0) is 29.8 Å². The number of nitrogens with zero attached hydrogens (tertiary/aromatic N) is 1. The highest BCUT2D eigenvalue weighted by Crippen LogP contribution is 2.21. The van der Waals surface area contributed by atoms with E-state index in [2.05, 4.69) is 10.3 Å². The summed E-state index contributed by atoms with van der Waals surface area (Å²) in [6.45, 7) is 0.608. The first-order valence-electron chi connectivity index (χ1n) is 8.68. The monoisotopic (exact) mass is 358 g/mol. The van der Waals surface area contributed by atoms with Crippen LogP contribution in [0.5, 0.6) is 5.75 Å². The second-order valence-corrected chi connectivity index (χ2v) is 6.03. The van der Waals surface area contributed by atoms with E-state index in [1.165, 1.54) is 0 Å². The summed E-state index contributed by atoms with van der Waals surface area (Å²) in [6.07, 6.45) is 0. The molecule has 5 heteroatoms. The number of oxazole rings is 1. The van der Waals surface area contributed by atoms with E-state index in [1.807, 2.05) is 66.7 Å². The summed E-state index contributed by atoms with van der Waals surface area (Å²) >= 11 is 0. The minimum Gasteiger partial charge on any atom is -0.483 e. The number of para-hydroxylation sites is 3. The number of carbonyl (C=O) groups excluding carboxylic acids is 1. The average molecular weight is 358 g/mol. The normalized spacial score (nSPS) is 10.7. The Hall–Kier alpha value is -3.60. The molecular weight excluding hydrogens is 340 g/mol. The van der Waals surface area contributed by atoms with Gasteiger partial charge in [0.15, 0.2) is 12.2 Å². The number of fused-ring (bicyclic) bond motifs is 1.